The standard InChI is InChI=1S/C24H23FN4O5S/c1-3-29(14-15-4-11-22(34-2)19(25)12-15)23(30)16-5-7-17(8-6-16)28-35(32,33)18-9-10-20-21(13-18)27-24(31)26-20/h4-13,28H,3,14H2,1-2H3,(H2,26,27,31). The molecule has 0 aliphatic rings. The molecule has 1 amide bonds. The SMILES string of the molecule is CCN(Cc1ccc(OC)c(F)c1)C(=O)c1ccc(NS(=O)(=O)c2ccc3[nH]c(=O)[nH]c3c2)cc1. The maximum absolute atomic E-state index is 14.0. The van der Waals surface area contributed by atoms with Crippen LogP contribution in [0.15, 0.2) is 70.4 Å². The number of ether oxygens (including phenoxy) is 1. The quantitative estimate of drug-likeness (QED) is 0.343. The van der Waals surface area contributed by atoms with Crippen molar-refractivity contribution in [3.05, 3.63) is 88.1 Å². The summed E-state index contributed by atoms with van der Waals surface area (Å²) in [5.74, 6) is -0.658. The molecule has 4 aromatic rings. The van der Waals surface area contributed by atoms with Gasteiger partial charge < -0.3 is 19.6 Å². The van der Waals surface area contributed by atoms with Crippen molar-refractivity contribution in [3.63, 3.8) is 0 Å². The van der Waals surface area contributed by atoms with E-state index in [2.05, 4.69) is 14.7 Å². The van der Waals surface area contributed by atoms with E-state index in [1.165, 1.54) is 61.7 Å². The summed E-state index contributed by atoms with van der Waals surface area (Å²) in [6.07, 6.45) is 0. The number of fused-ring (bicyclic) bond motifs is 1. The van der Waals surface area contributed by atoms with Gasteiger partial charge in [-0.1, -0.05) is 6.07 Å². The zero-order valence-corrected chi connectivity index (χ0v) is 19.8. The third-order valence-electron chi connectivity index (χ3n) is 5.44. The second kappa shape index (κ2) is 9.63. The number of amides is 1. The molecule has 182 valence electrons. The zero-order valence-electron chi connectivity index (χ0n) is 19.0. The Morgan fingerprint density at radius 2 is 1.74 bits per heavy atom. The van der Waals surface area contributed by atoms with Gasteiger partial charge in [0.1, 0.15) is 0 Å². The summed E-state index contributed by atoms with van der Waals surface area (Å²) < 4.78 is 46.9. The molecule has 3 aromatic carbocycles. The molecule has 0 radical (unpaired) electrons. The lowest BCUT2D eigenvalue weighted by Gasteiger charge is -2.21. The number of hydrogen-bond acceptors (Lipinski definition) is 5. The molecule has 4 rings (SSSR count). The third kappa shape index (κ3) is 5.19. The summed E-state index contributed by atoms with van der Waals surface area (Å²) in [4.78, 5) is 31.0. The first-order valence-corrected chi connectivity index (χ1v) is 12.1. The van der Waals surface area contributed by atoms with Crippen molar-refractivity contribution in [2.24, 2.45) is 0 Å². The van der Waals surface area contributed by atoms with Gasteiger partial charge in [0.15, 0.2) is 11.6 Å². The van der Waals surface area contributed by atoms with Crippen molar-refractivity contribution in [1.82, 2.24) is 14.9 Å². The third-order valence-corrected chi connectivity index (χ3v) is 6.82. The number of nitrogens with zero attached hydrogens (tertiary/aromatic N) is 1. The molecular weight excluding hydrogens is 475 g/mol. The molecule has 0 saturated carbocycles. The van der Waals surface area contributed by atoms with Crippen LogP contribution in [0.1, 0.15) is 22.8 Å². The molecule has 9 nitrogen and oxygen atoms in total. The first-order chi connectivity index (χ1) is 16.7. The predicted octanol–water partition coefficient (Wildman–Crippen LogP) is 3.47. The molecule has 0 spiro atoms. The minimum Gasteiger partial charge on any atom is -0.494 e. The molecule has 1 aromatic heterocycles. The van der Waals surface area contributed by atoms with Crippen molar-refractivity contribution in [2.45, 2.75) is 18.4 Å². The van der Waals surface area contributed by atoms with E-state index in [-0.39, 0.29) is 28.8 Å². The molecule has 3 N–H and O–H groups in total. The van der Waals surface area contributed by atoms with E-state index in [9.17, 15) is 22.4 Å². The average Bonchev–Trinajstić information content (AvgIpc) is 3.21. The lowest BCUT2D eigenvalue weighted by atomic mass is 10.1. The van der Waals surface area contributed by atoms with Gasteiger partial charge in [0, 0.05) is 24.3 Å². The number of carbonyl (C=O) groups excluding carboxylic acids is 1. The fraction of sp³-hybridized carbons (Fsp3) is 0.167. The highest BCUT2D eigenvalue weighted by Crippen LogP contribution is 2.22. The summed E-state index contributed by atoms with van der Waals surface area (Å²) in [6, 6.07) is 14.8. The maximum atomic E-state index is 14.0. The predicted molar refractivity (Wildman–Crippen MR) is 130 cm³/mol. The highest BCUT2D eigenvalue weighted by molar-refractivity contribution is 7.92. The van der Waals surface area contributed by atoms with Gasteiger partial charge in [-0.25, -0.2) is 17.6 Å². The van der Waals surface area contributed by atoms with E-state index >= 15 is 0 Å². The van der Waals surface area contributed by atoms with Crippen molar-refractivity contribution in [1.29, 1.82) is 0 Å². The Kier molecular flexibility index (Phi) is 6.61. The van der Waals surface area contributed by atoms with Crippen molar-refractivity contribution >= 4 is 32.7 Å². The number of hydrogen-bond donors (Lipinski definition) is 3. The number of benzene rings is 3. The Hall–Kier alpha value is -4.12. The van der Waals surface area contributed by atoms with Crippen LogP contribution in [0.25, 0.3) is 11.0 Å². The molecule has 0 aliphatic carbocycles. The van der Waals surface area contributed by atoms with E-state index in [4.69, 9.17) is 4.74 Å². The summed E-state index contributed by atoms with van der Waals surface area (Å²) in [6.45, 7) is 2.41. The van der Waals surface area contributed by atoms with Gasteiger partial charge >= 0.3 is 5.69 Å². The van der Waals surface area contributed by atoms with Crippen LogP contribution >= 0.6 is 0 Å². The van der Waals surface area contributed by atoms with Gasteiger partial charge in [0.25, 0.3) is 15.9 Å². The Balaban J connectivity index is 1.48. The Labute approximate surface area is 200 Å². The molecule has 0 unspecified atom stereocenters. The number of aromatic nitrogens is 2. The maximum Gasteiger partial charge on any atom is 0.323 e. The van der Waals surface area contributed by atoms with E-state index in [0.717, 1.165) is 0 Å². The lowest BCUT2D eigenvalue weighted by molar-refractivity contribution is 0.0752. The monoisotopic (exact) mass is 498 g/mol. The average molecular weight is 499 g/mol. The highest BCUT2D eigenvalue weighted by atomic mass is 32.2. The fourth-order valence-electron chi connectivity index (χ4n) is 3.61. The highest BCUT2D eigenvalue weighted by Gasteiger charge is 2.18. The van der Waals surface area contributed by atoms with E-state index < -0.39 is 21.5 Å². The molecule has 35 heavy (non-hydrogen) atoms. The number of anilines is 1. The minimum absolute atomic E-state index is 0.0238. The number of aromatic amines is 2. The van der Waals surface area contributed by atoms with Crippen LogP contribution in [-0.4, -0.2) is 42.8 Å². The summed E-state index contributed by atoms with van der Waals surface area (Å²) in [7, 11) is -2.55. The number of halogens is 1. The summed E-state index contributed by atoms with van der Waals surface area (Å²) >= 11 is 0. The van der Waals surface area contributed by atoms with Gasteiger partial charge in [0.2, 0.25) is 0 Å². The van der Waals surface area contributed by atoms with E-state index in [1.54, 1.807) is 11.0 Å². The first kappa shape index (κ1) is 24.0. The Morgan fingerprint density at radius 1 is 1.03 bits per heavy atom. The lowest BCUT2D eigenvalue weighted by Crippen LogP contribution is -2.30. The number of H-pyrrole nitrogens is 2. The zero-order chi connectivity index (χ0) is 25.2. The van der Waals surface area contributed by atoms with Crippen LogP contribution in [0.4, 0.5) is 10.1 Å². The van der Waals surface area contributed by atoms with E-state index in [0.29, 0.717) is 28.7 Å². The molecule has 0 atom stereocenters. The number of imidazole rings is 1. The van der Waals surface area contributed by atoms with Gasteiger partial charge in [0.05, 0.1) is 23.0 Å². The number of rotatable bonds is 8. The van der Waals surface area contributed by atoms with Crippen LogP contribution in [0, 0.1) is 5.82 Å². The Bertz CT molecular complexity index is 1540. The Morgan fingerprint density at radius 3 is 2.40 bits per heavy atom. The number of nitrogens with one attached hydrogen (secondary N) is 3. The van der Waals surface area contributed by atoms with Crippen LogP contribution in [0.2, 0.25) is 0 Å². The van der Waals surface area contributed by atoms with Crippen molar-refractivity contribution in [2.75, 3.05) is 18.4 Å². The van der Waals surface area contributed by atoms with Crippen LogP contribution in [0.3, 0.4) is 0 Å². The van der Waals surface area contributed by atoms with Gasteiger partial charge in [-0.3, -0.25) is 9.52 Å². The van der Waals surface area contributed by atoms with Gasteiger partial charge in [-0.15, -0.1) is 0 Å². The van der Waals surface area contributed by atoms with E-state index in [1.807, 2.05) is 6.92 Å². The molecule has 1 heterocycles. The normalized spacial score (nSPS) is 11.4. The van der Waals surface area contributed by atoms with Crippen LogP contribution in [-0.2, 0) is 16.6 Å². The van der Waals surface area contributed by atoms with Crippen molar-refractivity contribution < 1.29 is 22.3 Å². The first-order valence-electron chi connectivity index (χ1n) is 10.7. The van der Waals surface area contributed by atoms with Crippen LogP contribution in [0.5, 0.6) is 5.75 Å². The molecular formula is C24H23FN4O5S. The molecule has 0 saturated heterocycles. The molecule has 0 bridgehead atoms. The van der Waals surface area contributed by atoms with Crippen LogP contribution < -0.4 is 15.1 Å². The molecule has 11 heteroatoms. The fourth-order valence-corrected chi connectivity index (χ4v) is 4.70. The van der Waals surface area contributed by atoms with Crippen molar-refractivity contribution in [3.8, 4) is 5.75 Å². The number of methoxy groups -OCH3 is 1. The molecule has 0 aliphatic heterocycles. The number of carbonyl (C=O) groups is 1. The second-order valence-electron chi connectivity index (χ2n) is 7.76. The largest absolute Gasteiger partial charge is 0.494 e. The van der Waals surface area contributed by atoms with Gasteiger partial charge in [-0.05, 0) is 67.1 Å². The molecule has 0 fully saturated rings. The summed E-state index contributed by atoms with van der Waals surface area (Å²) in [5.41, 5.74) is 1.68. The summed E-state index contributed by atoms with van der Waals surface area (Å²) in [5, 5.41) is 0. The van der Waals surface area contributed by atoms with Gasteiger partial charge in [-0.2, -0.15) is 0 Å². The second-order valence-corrected chi connectivity index (χ2v) is 9.44. The minimum atomic E-state index is -3.93. The smallest absolute Gasteiger partial charge is 0.323 e. The number of sulfonamides is 1. The topological polar surface area (TPSA) is 124 Å².